The van der Waals surface area contributed by atoms with Crippen molar-refractivity contribution >= 4 is 0 Å². The quantitative estimate of drug-likeness (QED) is 0.726. The molecule has 1 aromatic rings. The Bertz CT molecular complexity index is 362. The summed E-state index contributed by atoms with van der Waals surface area (Å²) in [6.45, 7) is 6.43. The third-order valence-electron chi connectivity index (χ3n) is 2.95. The van der Waals surface area contributed by atoms with Crippen LogP contribution in [0.15, 0.2) is 18.2 Å². The minimum absolute atomic E-state index is 0.521. The van der Waals surface area contributed by atoms with Gasteiger partial charge in [-0.05, 0) is 19.1 Å². The van der Waals surface area contributed by atoms with Gasteiger partial charge in [0.05, 0.1) is 39.6 Å². The lowest BCUT2D eigenvalue weighted by molar-refractivity contribution is 0.00422. The molecule has 20 heavy (non-hydrogen) atoms. The molecule has 0 atom stereocenters. The molecule has 0 unspecified atom stereocenters. The van der Waals surface area contributed by atoms with E-state index in [4.69, 9.17) is 23.7 Å². The van der Waals surface area contributed by atoms with Crippen molar-refractivity contribution in [2.24, 2.45) is 0 Å². The van der Waals surface area contributed by atoms with Crippen LogP contribution in [0.1, 0.15) is 5.56 Å². The highest BCUT2D eigenvalue weighted by Crippen LogP contribution is 2.27. The summed E-state index contributed by atoms with van der Waals surface area (Å²) in [4.78, 5) is 0. The molecule has 0 saturated carbocycles. The van der Waals surface area contributed by atoms with Crippen molar-refractivity contribution in [3.63, 3.8) is 0 Å². The number of fused-ring (bicyclic) bond motifs is 2. The van der Waals surface area contributed by atoms with Crippen LogP contribution in [-0.4, -0.2) is 52.9 Å². The molecule has 0 radical (unpaired) electrons. The van der Waals surface area contributed by atoms with Crippen molar-refractivity contribution in [1.29, 1.82) is 0 Å². The van der Waals surface area contributed by atoms with E-state index in [1.807, 2.05) is 25.1 Å². The maximum absolute atomic E-state index is 5.70. The second kappa shape index (κ2) is 8.79. The average molecular weight is 282 g/mol. The zero-order valence-corrected chi connectivity index (χ0v) is 11.9. The Morgan fingerprint density at radius 2 is 1.05 bits per heavy atom. The molecule has 5 heteroatoms. The molecule has 1 aromatic carbocycles. The molecule has 0 aliphatic carbocycles. The van der Waals surface area contributed by atoms with Gasteiger partial charge in [0, 0.05) is 5.56 Å². The van der Waals surface area contributed by atoms with E-state index < -0.39 is 0 Å². The lowest BCUT2D eigenvalue weighted by Gasteiger charge is -2.14. The smallest absolute Gasteiger partial charge is 0.126 e. The van der Waals surface area contributed by atoms with Gasteiger partial charge in [-0.15, -0.1) is 0 Å². The highest BCUT2D eigenvalue weighted by Gasteiger charge is 2.06. The first-order valence-corrected chi connectivity index (χ1v) is 6.96. The van der Waals surface area contributed by atoms with E-state index >= 15 is 0 Å². The molecule has 1 heterocycles. The van der Waals surface area contributed by atoms with Gasteiger partial charge >= 0.3 is 0 Å². The van der Waals surface area contributed by atoms with E-state index in [0.29, 0.717) is 52.9 Å². The summed E-state index contributed by atoms with van der Waals surface area (Å²) in [5.74, 6) is 1.66. The summed E-state index contributed by atoms with van der Waals surface area (Å²) in [5.41, 5.74) is 1.00. The summed E-state index contributed by atoms with van der Waals surface area (Å²) in [7, 11) is 0. The van der Waals surface area contributed by atoms with Gasteiger partial charge in [0.25, 0.3) is 0 Å². The maximum atomic E-state index is 5.70. The van der Waals surface area contributed by atoms with Gasteiger partial charge in [-0.1, -0.05) is 6.07 Å². The Morgan fingerprint density at radius 1 is 0.650 bits per heavy atom. The predicted octanol–water partition coefficient (Wildman–Crippen LogP) is 1.82. The van der Waals surface area contributed by atoms with Crippen LogP contribution in [0.3, 0.4) is 0 Å². The van der Waals surface area contributed by atoms with Crippen LogP contribution < -0.4 is 9.47 Å². The van der Waals surface area contributed by atoms with Gasteiger partial charge in [-0.25, -0.2) is 0 Å². The molecule has 1 aliphatic rings. The van der Waals surface area contributed by atoms with Crippen molar-refractivity contribution in [3.05, 3.63) is 23.8 Å². The molecule has 5 nitrogen and oxygen atoms in total. The van der Waals surface area contributed by atoms with Crippen LogP contribution in [0, 0.1) is 6.92 Å². The summed E-state index contributed by atoms with van der Waals surface area (Å²) < 4.78 is 27.6. The van der Waals surface area contributed by atoms with E-state index in [1.54, 1.807) is 0 Å². The van der Waals surface area contributed by atoms with E-state index in [1.165, 1.54) is 0 Å². The third-order valence-corrected chi connectivity index (χ3v) is 2.95. The zero-order chi connectivity index (χ0) is 14.0. The second-order valence-electron chi connectivity index (χ2n) is 4.41. The molecule has 0 amide bonds. The first-order chi connectivity index (χ1) is 9.88. The largest absolute Gasteiger partial charge is 0.491 e. The molecular weight excluding hydrogens is 260 g/mol. The molecule has 0 spiro atoms. The van der Waals surface area contributed by atoms with E-state index in [0.717, 1.165) is 17.1 Å². The van der Waals surface area contributed by atoms with Crippen molar-refractivity contribution < 1.29 is 23.7 Å². The highest BCUT2D eigenvalue weighted by molar-refractivity contribution is 5.43. The van der Waals surface area contributed by atoms with Crippen molar-refractivity contribution in [2.75, 3.05) is 52.9 Å². The standard InChI is InChI=1S/C15H22O5/c1-13-14-3-2-4-15(13)20-12-10-18-8-6-16-5-7-17-9-11-19-14/h2-4H,5-12H2,1H3. The number of ether oxygens (including phenoxy) is 5. The fourth-order valence-electron chi connectivity index (χ4n) is 1.87. The Labute approximate surface area is 119 Å². The second-order valence-corrected chi connectivity index (χ2v) is 4.41. The van der Waals surface area contributed by atoms with Crippen LogP contribution >= 0.6 is 0 Å². The van der Waals surface area contributed by atoms with Gasteiger partial charge in [0.2, 0.25) is 0 Å². The van der Waals surface area contributed by atoms with E-state index in [2.05, 4.69) is 0 Å². The third kappa shape index (κ3) is 5.00. The Morgan fingerprint density at radius 3 is 1.50 bits per heavy atom. The molecule has 0 saturated heterocycles. The molecule has 2 rings (SSSR count). The molecule has 2 bridgehead atoms. The average Bonchev–Trinajstić information content (AvgIpc) is 2.46. The van der Waals surface area contributed by atoms with Crippen LogP contribution in [0.4, 0.5) is 0 Å². The van der Waals surface area contributed by atoms with E-state index in [9.17, 15) is 0 Å². The van der Waals surface area contributed by atoms with Crippen LogP contribution in [0.25, 0.3) is 0 Å². The molecule has 0 N–H and O–H groups in total. The number of rotatable bonds is 0. The Hall–Kier alpha value is -1.30. The minimum Gasteiger partial charge on any atom is -0.491 e. The molecule has 0 fully saturated rings. The summed E-state index contributed by atoms with van der Waals surface area (Å²) in [5, 5.41) is 0. The zero-order valence-electron chi connectivity index (χ0n) is 11.9. The number of hydrogen-bond donors (Lipinski definition) is 0. The summed E-state index contributed by atoms with van der Waals surface area (Å²) >= 11 is 0. The normalized spacial score (nSPS) is 18.9. The van der Waals surface area contributed by atoms with Crippen LogP contribution in [0.2, 0.25) is 0 Å². The fraction of sp³-hybridized carbons (Fsp3) is 0.600. The van der Waals surface area contributed by atoms with Crippen molar-refractivity contribution in [3.8, 4) is 11.5 Å². The minimum atomic E-state index is 0.521. The predicted molar refractivity (Wildman–Crippen MR) is 74.6 cm³/mol. The van der Waals surface area contributed by atoms with Gasteiger partial charge < -0.3 is 23.7 Å². The molecule has 1 aliphatic heterocycles. The fourth-order valence-corrected chi connectivity index (χ4v) is 1.87. The molecule has 112 valence electrons. The van der Waals surface area contributed by atoms with Gasteiger partial charge in [0.15, 0.2) is 0 Å². The van der Waals surface area contributed by atoms with E-state index in [-0.39, 0.29) is 0 Å². The maximum Gasteiger partial charge on any atom is 0.126 e. The number of hydrogen-bond acceptors (Lipinski definition) is 5. The molecular formula is C15H22O5. The summed E-state index contributed by atoms with van der Waals surface area (Å²) in [6.07, 6.45) is 0. The molecule has 0 aromatic heterocycles. The lowest BCUT2D eigenvalue weighted by atomic mass is 10.2. The van der Waals surface area contributed by atoms with Gasteiger partial charge in [0.1, 0.15) is 24.7 Å². The van der Waals surface area contributed by atoms with Crippen molar-refractivity contribution in [1.82, 2.24) is 0 Å². The van der Waals surface area contributed by atoms with Crippen LogP contribution in [-0.2, 0) is 14.2 Å². The lowest BCUT2D eigenvalue weighted by Crippen LogP contribution is -2.15. The topological polar surface area (TPSA) is 46.2 Å². The first kappa shape index (κ1) is 15.1. The van der Waals surface area contributed by atoms with Gasteiger partial charge in [-0.2, -0.15) is 0 Å². The highest BCUT2D eigenvalue weighted by atomic mass is 16.6. The SMILES string of the molecule is Cc1c2cccc1OCCOCCOCCOCCO2. The van der Waals surface area contributed by atoms with Crippen molar-refractivity contribution in [2.45, 2.75) is 6.92 Å². The first-order valence-electron chi connectivity index (χ1n) is 6.96. The Balaban J connectivity index is 1.93. The number of benzene rings is 1. The van der Waals surface area contributed by atoms with Crippen LogP contribution in [0.5, 0.6) is 11.5 Å². The summed E-state index contributed by atoms with van der Waals surface area (Å²) in [6, 6.07) is 5.80. The van der Waals surface area contributed by atoms with Gasteiger partial charge in [-0.3, -0.25) is 0 Å². The monoisotopic (exact) mass is 282 g/mol. The Kier molecular flexibility index (Phi) is 6.63.